The van der Waals surface area contributed by atoms with Gasteiger partial charge < -0.3 is 24.2 Å². The second-order valence-corrected chi connectivity index (χ2v) is 10.3. The maximum absolute atomic E-state index is 13.4. The van der Waals surface area contributed by atoms with Crippen LogP contribution in [-0.4, -0.2) is 82.4 Å². The van der Waals surface area contributed by atoms with E-state index < -0.39 is 16.3 Å². The summed E-state index contributed by atoms with van der Waals surface area (Å²) in [6, 6.07) is 11.9. The van der Waals surface area contributed by atoms with E-state index in [1.54, 1.807) is 44.4 Å². The second-order valence-electron chi connectivity index (χ2n) is 8.35. The van der Waals surface area contributed by atoms with Crippen LogP contribution in [-0.2, 0) is 24.3 Å². The fourth-order valence-electron chi connectivity index (χ4n) is 3.72. The Morgan fingerprint density at radius 1 is 1.11 bits per heavy atom. The summed E-state index contributed by atoms with van der Waals surface area (Å²) in [6.07, 6.45) is 1.20. The summed E-state index contributed by atoms with van der Waals surface area (Å²) in [5.41, 5.74) is 0.793. The molecule has 9 nitrogen and oxygen atoms in total. The van der Waals surface area contributed by atoms with E-state index in [0.29, 0.717) is 12.2 Å². The third-order valence-electron chi connectivity index (χ3n) is 5.66. The molecule has 1 N–H and O–H groups in total. The van der Waals surface area contributed by atoms with Gasteiger partial charge in [0.2, 0.25) is 16.3 Å². The summed E-state index contributed by atoms with van der Waals surface area (Å²) in [4.78, 5) is 14.0. The predicted molar refractivity (Wildman–Crippen MR) is 130 cm³/mol. The van der Waals surface area contributed by atoms with Gasteiger partial charge in [-0.3, -0.25) is 4.79 Å². The van der Waals surface area contributed by atoms with Crippen LogP contribution in [0.25, 0.3) is 0 Å². The van der Waals surface area contributed by atoms with Crippen LogP contribution in [0.15, 0.2) is 65.3 Å². The van der Waals surface area contributed by atoms with Gasteiger partial charge in [-0.15, -0.1) is 0 Å². The van der Waals surface area contributed by atoms with Crippen molar-refractivity contribution in [1.29, 1.82) is 0 Å². The lowest BCUT2D eigenvalue weighted by Crippen LogP contribution is -2.38. The van der Waals surface area contributed by atoms with Crippen molar-refractivity contribution in [3.63, 3.8) is 0 Å². The molecule has 0 spiro atoms. The van der Waals surface area contributed by atoms with Crippen LogP contribution >= 0.6 is 0 Å². The molecule has 11 heteroatoms. The normalized spacial score (nSPS) is 17.9. The van der Waals surface area contributed by atoms with Crippen LogP contribution < -0.4 is 4.74 Å². The van der Waals surface area contributed by atoms with Crippen molar-refractivity contribution in [2.24, 2.45) is 0 Å². The summed E-state index contributed by atoms with van der Waals surface area (Å²) in [6.45, 7) is -0.575. The Hall–Kier alpha value is -2.99. The molecule has 0 saturated heterocycles. The number of aliphatic hydroxyl groups is 1. The van der Waals surface area contributed by atoms with Crippen molar-refractivity contribution in [2.45, 2.75) is 23.5 Å². The van der Waals surface area contributed by atoms with E-state index in [1.807, 2.05) is 0 Å². The number of allylic oxidation sites excluding steroid dienone is 1. The number of likely N-dealkylation sites (N-methyl/N-ethyl adjacent to an activating group) is 1. The fourth-order valence-corrected chi connectivity index (χ4v) is 5.14. The van der Waals surface area contributed by atoms with Crippen molar-refractivity contribution in [2.75, 3.05) is 47.5 Å². The zero-order valence-corrected chi connectivity index (χ0v) is 21.3. The van der Waals surface area contributed by atoms with E-state index in [9.17, 15) is 22.7 Å². The highest BCUT2D eigenvalue weighted by atomic mass is 32.2. The van der Waals surface area contributed by atoms with E-state index in [0.717, 1.165) is 9.87 Å². The SMILES string of the molecule is COc1ccc(S(=O)(=O)N(CCO)CCO[C@@H]2C[C@H](c3ccc(F)cc3)C=C(C(=O)N(C)C)O2)cc1. The first-order valence-corrected chi connectivity index (χ1v) is 12.8. The lowest BCUT2D eigenvalue weighted by molar-refractivity contribution is -0.151. The maximum Gasteiger partial charge on any atom is 0.288 e. The number of aliphatic hydroxyl groups excluding tert-OH is 1. The molecule has 0 fully saturated rings. The number of methoxy groups -OCH3 is 1. The Labute approximate surface area is 210 Å². The molecule has 0 unspecified atom stereocenters. The standard InChI is InChI=1S/C25H31FN2O7S/c1-27(2)25(30)23-16-19(18-4-6-20(26)7-5-18)17-24(35-23)34-15-13-28(12-14-29)36(31,32)22-10-8-21(33-3)9-11-22/h4-11,16,19,24,29H,12-15,17H2,1-3H3/t19-,24+/m1/s1. The van der Waals surface area contributed by atoms with Crippen molar-refractivity contribution in [1.82, 2.24) is 9.21 Å². The van der Waals surface area contributed by atoms with Crippen molar-refractivity contribution in [3.8, 4) is 5.75 Å². The first-order chi connectivity index (χ1) is 17.1. The lowest BCUT2D eigenvalue weighted by Gasteiger charge is -2.31. The third kappa shape index (κ3) is 6.82. The first kappa shape index (κ1) is 27.6. The fraction of sp³-hybridized carbons (Fsp3) is 0.400. The largest absolute Gasteiger partial charge is 0.497 e. The number of nitrogens with zero attached hydrogens (tertiary/aromatic N) is 2. The molecule has 1 aliphatic rings. The number of sulfonamides is 1. The molecule has 196 valence electrons. The van der Waals surface area contributed by atoms with E-state index >= 15 is 0 Å². The third-order valence-corrected chi connectivity index (χ3v) is 7.58. The van der Waals surface area contributed by atoms with Gasteiger partial charge in [0.05, 0.1) is 25.2 Å². The van der Waals surface area contributed by atoms with Gasteiger partial charge in [0, 0.05) is 39.5 Å². The average Bonchev–Trinajstić information content (AvgIpc) is 2.87. The molecular formula is C25H31FN2O7S. The number of ether oxygens (including phenoxy) is 3. The van der Waals surface area contributed by atoms with Crippen molar-refractivity contribution >= 4 is 15.9 Å². The van der Waals surface area contributed by atoms with E-state index in [4.69, 9.17) is 14.2 Å². The van der Waals surface area contributed by atoms with E-state index in [1.165, 1.54) is 36.3 Å². The zero-order chi connectivity index (χ0) is 26.3. The molecule has 2 aromatic rings. The molecule has 1 amide bonds. The van der Waals surface area contributed by atoms with Gasteiger partial charge in [0.25, 0.3) is 5.91 Å². The molecule has 0 aromatic heterocycles. The van der Waals surface area contributed by atoms with Gasteiger partial charge in [-0.25, -0.2) is 12.8 Å². The van der Waals surface area contributed by atoms with Crippen molar-refractivity contribution < 1.29 is 36.9 Å². The maximum atomic E-state index is 13.4. The summed E-state index contributed by atoms with van der Waals surface area (Å²) in [7, 11) is 0.786. The molecule has 2 aromatic carbocycles. The van der Waals surface area contributed by atoms with Gasteiger partial charge in [-0.05, 0) is 48.0 Å². The topological polar surface area (TPSA) is 106 Å². The number of hydrogen-bond acceptors (Lipinski definition) is 7. The van der Waals surface area contributed by atoms with E-state index in [-0.39, 0.29) is 54.6 Å². The molecule has 0 radical (unpaired) electrons. The molecule has 3 rings (SSSR count). The number of halogens is 1. The smallest absolute Gasteiger partial charge is 0.288 e. The number of hydrogen-bond donors (Lipinski definition) is 1. The van der Waals surface area contributed by atoms with Gasteiger partial charge >= 0.3 is 0 Å². The van der Waals surface area contributed by atoms with Crippen LogP contribution in [0.5, 0.6) is 5.75 Å². The predicted octanol–water partition coefficient (Wildman–Crippen LogP) is 2.34. The van der Waals surface area contributed by atoms with Crippen LogP contribution in [0.1, 0.15) is 17.9 Å². The van der Waals surface area contributed by atoms with Gasteiger partial charge in [-0.1, -0.05) is 12.1 Å². The van der Waals surface area contributed by atoms with Crippen LogP contribution in [0.2, 0.25) is 0 Å². The summed E-state index contributed by atoms with van der Waals surface area (Å²) >= 11 is 0. The summed E-state index contributed by atoms with van der Waals surface area (Å²) in [5.74, 6) is -0.357. The van der Waals surface area contributed by atoms with Crippen molar-refractivity contribution in [3.05, 3.63) is 71.7 Å². The number of amides is 1. The van der Waals surface area contributed by atoms with Crippen LogP contribution in [0, 0.1) is 5.82 Å². The first-order valence-electron chi connectivity index (χ1n) is 11.4. The molecular weight excluding hydrogens is 491 g/mol. The lowest BCUT2D eigenvalue weighted by atomic mass is 9.93. The van der Waals surface area contributed by atoms with Crippen LogP contribution in [0.4, 0.5) is 4.39 Å². The Kier molecular flexibility index (Phi) is 9.43. The second kappa shape index (κ2) is 12.3. The number of rotatable bonds is 11. The highest BCUT2D eigenvalue weighted by molar-refractivity contribution is 7.89. The minimum atomic E-state index is -3.90. The zero-order valence-electron chi connectivity index (χ0n) is 20.5. The highest BCUT2D eigenvalue weighted by Gasteiger charge is 2.30. The number of benzene rings is 2. The average molecular weight is 523 g/mol. The minimum Gasteiger partial charge on any atom is -0.497 e. The van der Waals surface area contributed by atoms with Gasteiger partial charge in [0.1, 0.15) is 11.6 Å². The summed E-state index contributed by atoms with van der Waals surface area (Å²) in [5, 5.41) is 9.44. The molecule has 1 aliphatic heterocycles. The molecule has 0 aliphatic carbocycles. The number of carbonyl (C=O) groups excluding carboxylic acids is 1. The highest BCUT2D eigenvalue weighted by Crippen LogP contribution is 2.32. The quantitative estimate of drug-likeness (QED) is 0.483. The molecule has 1 heterocycles. The van der Waals surface area contributed by atoms with Gasteiger partial charge in [-0.2, -0.15) is 4.31 Å². The Morgan fingerprint density at radius 3 is 2.36 bits per heavy atom. The number of carbonyl (C=O) groups is 1. The molecule has 0 saturated carbocycles. The Bertz CT molecular complexity index is 1150. The monoisotopic (exact) mass is 522 g/mol. The summed E-state index contributed by atoms with van der Waals surface area (Å²) < 4.78 is 57.4. The Morgan fingerprint density at radius 2 is 1.78 bits per heavy atom. The molecule has 2 atom stereocenters. The van der Waals surface area contributed by atoms with Gasteiger partial charge in [0.15, 0.2) is 5.76 Å². The molecule has 36 heavy (non-hydrogen) atoms. The molecule has 0 bridgehead atoms. The minimum absolute atomic E-state index is 0.0420. The van der Waals surface area contributed by atoms with Crippen LogP contribution in [0.3, 0.4) is 0 Å². The Balaban J connectivity index is 1.71. The van der Waals surface area contributed by atoms with E-state index in [2.05, 4.69) is 0 Å².